The standard InChI is InChI=1S/C24H32N2O4S/c1-19-17-22(15-16-23(19)30-2)31(28,29)26(21-13-9-6-10-14-21)18-24(27)25-20-11-7-4-3-5-8-12-20/h6,9-10,13-17,20H,3-5,7-8,11-12,18H2,1-2H3,(H,25,27). The van der Waals surface area contributed by atoms with E-state index in [0.717, 1.165) is 31.2 Å². The topological polar surface area (TPSA) is 75.7 Å². The van der Waals surface area contributed by atoms with Gasteiger partial charge in [0.25, 0.3) is 10.0 Å². The smallest absolute Gasteiger partial charge is 0.264 e. The van der Waals surface area contributed by atoms with Crippen LogP contribution in [0.2, 0.25) is 0 Å². The number of sulfonamides is 1. The van der Waals surface area contributed by atoms with Gasteiger partial charge in [-0.15, -0.1) is 0 Å². The maximum atomic E-state index is 13.5. The second-order valence-electron chi connectivity index (χ2n) is 8.09. The minimum absolute atomic E-state index is 0.108. The van der Waals surface area contributed by atoms with Gasteiger partial charge in [0.1, 0.15) is 12.3 Å². The van der Waals surface area contributed by atoms with Gasteiger partial charge in [0.2, 0.25) is 5.91 Å². The zero-order valence-corrected chi connectivity index (χ0v) is 19.2. The van der Waals surface area contributed by atoms with Gasteiger partial charge < -0.3 is 10.1 Å². The summed E-state index contributed by atoms with van der Waals surface area (Å²) in [7, 11) is -2.39. The first-order valence-electron chi connectivity index (χ1n) is 10.9. The lowest BCUT2D eigenvalue weighted by Gasteiger charge is -2.26. The zero-order valence-electron chi connectivity index (χ0n) is 18.3. The Morgan fingerprint density at radius 1 is 1.03 bits per heavy atom. The molecule has 2 aromatic carbocycles. The molecule has 1 amide bonds. The molecule has 0 heterocycles. The van der Waals surface area contributed by atoms with Crippen molar-refractivity contribution in [2.75, 3.05) is 18.0 Å². The van der Waals surface area contributed by atoms with Crippen molar-refractivity contribution in [1.29, 1.82) is 0 Å². The second kappa shape index (κ2) is 10.7. The van der Waals surface area contributed by atoms with Crippen LogP contribution in [0, 0.1) is 6.92 Å². The summed E-state index contributed by atoms with van der Waals surface area (Å²) in [4.78, 5) is 13.0. The van der Waals surface area contributed by atoms with E-state index in [1.807, 2.05) is 6.07 Å². The maximum Gasteiger partial charge on any atom is 0.264 e. The maximum absolute atomic E-state index is 13.5. The summed E-state index contributed by atoms with van der Waals surface area (Å²) in [5, 5.41) is 3.08. The molecule has 6 nitrogen and oxygen atoms in total. The van der Waals surface area contributed by atoms with E-state index in [2.05, 4.69) is 5.32 Å². The van der Waals surface area contributed by atoms with Gasteiger partial charge in [-0.1, -0.05) is 50.3 Å². The predicted octanol–water partition coefficient (Wildman–Crippen LogP) is 4.43. The molecule has 1 saturated carbocycles. The van der Waals surface area contributed by atoms with E-state index in [0.29, 0.717) is 11.4 Å². The molecule has 0 aliphatic heterocycles. The molecular weight excluding hydrogens is 412 g/mol. The molecule has 0 spiro atoms. The molecule has 0 aromatic heterocycles. The molecule has 0 saturated heterocycles. The fourth-order valence-electron chi connectivity index (χ4n) is 4.05. The average molecular weight is 445 g/mol. The fraction of sp³-hybridized carbons (Fsp3) is 0.458. The monoisotopic (exact) mass is 444 g/mol. The third-order valence-electron chi connectivity index (χ3n) is 5.76. The van der Waals surface area contributed by atoms with Crippen molar-refractivity contribution in [2.45, 2.75) is 62.8 Å². The van der Waals surface area contributed by atoms with E-state index in [9.17, 15) is 13.2 Å². The van der Waals surface area contributed by atoms with Crippen LogP contribution in [0.1, 0.15) is 50.5 Å². The molecule has 1 aliphatic rings. The van der Waals surface area contributed by atoms with E-state index in [4.69, 9.17) is 4.74 Å². The van der Waals surface area contributed by atoms with Crippen molar-refractivity contribution in [3.05, 3.63) is 54.1 Å². The summed E-state index contributed by atoms with van der Waals surface area (Å²) in [5.41, 5.74) is 1.18. The van der Waals surface area contributed by atoms with Crippen molar-refractivity contribution in [3.63, 3.8) is 0 Å². The van der Waals surface area contributed by atoms with Crippen LogP contribution in [0.25, 0.3) is 0 Å². The van der Waals surface area contributed by atoms with E-state index in [-0.39, 0.29) is 23.4 Å². The lowest BCUT2D eigenvalue weighted by Crippen LogP contribution is -2.44. The molecule has 0 bridgehead atoms. The SMILES string of the molecule is COc1ccc(S(=O)(=O)N(CC(=O)NC2CCCCCCC2)c2ccccc2)cc1C. The lowest BCUT2D eigenvalue weighted by molar-refractivity contribution is -0.120. The first kappa shape index (κ1) is 23.1. The van der Waals surface area contributed by atoms with Crippen LogP contribution in [-0.2, 0) is 14.8 Å². The van der Waals surface area contributed by atoms with E-state index in [1.165, 1.54) is 29.6 Å². The summed E-state index contributed by atoms with van der Waals surface area (Å²) in [5.74, 6) is 0.343. The number of rotatable bonds is 7. The molecule has 3 rings (SSSR count). The molecular formula is C24H32N2O4S. The summed E-state index contributed by atoms with van der Waals surface area (Å²) < 4.78 is 33.5. The Morgan fingerprint density at radius 2 is 1.68 bits per heavy atom. The normalized spacial score (nSPS) is 15.5. The number of hydrogen-bond acceptors (Lipinski definition) is 4. The molecule has 31 heavy (non-hydrogen) atoms. The number of carbonyl (C=O) groups is 1. The van der Waals surface area contributed by atoms with Crippen molar-refractivity contribution < 1.29 is 17.9 Å². The Hall–Kier alpha value is -2.54. The van der Waals surface area contributed by atoms with Crippen LogP contribution >= 0.6 is 0 Å². The predicted molar refractivity (Wildman–Crippen MR) is 123 cm³/mol. The van der Waals surface area contributed by atoms with Gasteiger partial charge in [0.15, 0.2) is 0 Å². The molecule has 1 N–H and O–H groups in total. The number of anilines is 1. The summed E-state index contributed by atoms with van der Waals surface area (Å²) in [6, 6.07) is 13.6. The summed E-state index contributed by atoms with van der Waals surface area (Å²) in [6.45, 7) is 1.54. The van der Waals surface area contributed by atoms with Crippen LogP contribution in [0.15, 0.2) is 53.4 Å². The van der Waals surface area contributed by atoms with Gasteiger partial charge >= 0.3 is 0 Å². The Morgan fingerprint density at radius 3 is 2.29 bits per heavy atom. The molecule has 2 aromatic rings. The largest absolute Gasteiger partial charge is 0.496 e. The highest BCUT2D eigenvalue weighted by Gasteiger charge is 2.28. The molecule has 0 radical (unpaired) electrons. The third kappa shape index (κ3) is 6.00. The number of carbonyl (C=O) groups excluding carboxylic acids is 1. The number of hydrogen-bond donors (Lipinski definition) is 1. The molecule has 0 unspecified atom stereocenters. The molecule has 1 aliphatic carbocycles. The first-order chi connectivity index (χ1) is 14.9. The number of ether oxygens (including phenoxy) is 1. The Balaban J connectivity index is 1.84. The Labute approximate surface area is 185 Å². The van der Waals surface area contributed by atoms with E-state index >= 15 is 0 Å². The second-order valence-corrected chi connectivity index (χ2v) is 9.95. The Kier molecular flexibility index (Phi) is 7.96. The van der Waals surface area contributed by atoms with Crippen LogP contribution < -0.4 is 14.4 Å². The van der Waals surface area contributed by atoms with Gasteiger partial charge in [-0.05, 0) is 55.7 Å². The summed E-state index contributed by atoms with van der Waals surface area (Å²) >= 11 is 0. The highest BCUT2D eigenvalue weighted by atomic mass is 32.2. The van der Waals surface area contributed by atoms with Gasteiger partial charge in [-0.2, -0.15) is 0 Å². The van der Waals surface area contributed by atoms with Gasteiger partial charge in [0, 0.05) is 6.04 Å². The molecule has 0 atom stereocenters. The van der Waals surface area contributed by atoms with Crippen LogP contribution in [0.3, 0.4) is 0 Å². The molecule has 1 fully saturated rings. The van der Waals surface area contributed by atoms with Crippen molar-refractivity contribution >= 4 is 21.6 Å². The van der Waals surface area contributed by atoms with Gasteiger partial charge in [-0.25, -0.2) is 8.42 Å². The number of amides is 1. The zero-order chi connectivity index (χ0) is 22.3. The quantitative estimate of drug-likeness (QED) is 0.686. The number of nitrogens with one attached hydrogen (secondary N) is 1. The number of benzene rings is 2. The van der Waals surface area contributed by atoms with Crippen molar-refractivity contribution in [3.8, 4) is 5.75 Å². The highest BCUT2D eigenvalue weighted by molar-refractivity contribution is 7.92. The summed E-state index contributed by atoms with van der Waals surface area (Å²) in [6.07, 6.45) is 7.71. The van der Waals surface area contributed by atoms with Crippen LogP contribution in [-0.4, -0.2) is 34.0 Å². The molecule has 7 heteroatoms. The average Bonchev–Trinajstić information content (AvgIpc) is 2.74. The number of nitrogens with zero attached hydrogens (tertiary/aromatic N) is 1. The first-order valence-corrected chi connectivity index (χ1v) is 12.4. The van der Waals surface area contributed by atoms with Crippen molar-refractivity contribution in [1.82, 2.24) is 5.32 Å². The number of aryl methyl sites for hydroxylation is 1. The lowest BCUT2D eigenvalue weighted by atomic mass is 9.97. The minimum atomic E-state index is -3.93. The number of methoxy groups -OCH3 is 1. The van der Waals surface area contributed by atoms with Gasteiger partial charge in [0.05, 0.1) is 17.7 Å². The van der Waals surface area contributed by atoms with E-state index in [1.54, 1.807) is 50.4 Å². The van der Waals surface area contributed by atoms with Gasteiger partial charge in [-0.3, -0.25) is 9.10 Å². The van der Waals surface area contributed by atoms with Crippen LogP contribution in [0.4, 0.5) is 5.69 Å². The third-order valence-corrected chi connectivity index (χ3v) is 7.53. The molecule has 168 valence electrons. The van der Waals surface area contributed by atoms with E-state index < -0.39 is 10.0 Å². The Bertz CT molecular complexity index is 968. The number of para-hydroxylation sites is 1. The fourth-order valence-corrected chi connectivity index (χ4v) is 5.56. The van der Waals surface area contributed by atoms with Crippen molar-refractivity contribution in [2.24, 2.45) is 0 Å². The van der Waals surface area contributed by atoms with Crippen LogP contribution in [0.5, 0.6) is 5.75 Å². The highest BCUT2D eigenvalue weighted by Crippen LogP contribution is 2.27. The minimum Gasteiger partial charge on any atom is -0.496 e.